The first-order valence-electron chi connectivity index (χ1n) is 11.1. The van der Waals surface area contributed by atoms with Crippen LogP contribution in [0.5, 0.6) is 0 Å². The predicted molar refractivity (Wildman–Crippen MR) is 129 cm³/mol. The van der Waals surface area contributed by atoms with Crippen LogP contribution < -0.4 is 5.32 Å². The third-order valence-electron chi connectivity index (χ3n) is 5.97. The average molecular weight is 454 g/mol. The molecule has 1 aliphatic rings. The lowest BCUT2D eigenvalue weighted by Crippen LogP contribution is -2.21. The normalized spacial score (nSPS) is 13.5. The van der Waals surface area contributed by atoms with E-state index in [0.29, 0.717) is 17.3 Å². The van der Waals surface area contributed by atoms with E-state index in [0.717, 1.165) is 34.0 Å². The fraction of sp³-hybridized carbons (Fsp3) is 0.192. The molecule has 1 fully saturated rings. The Labute approximate surface area is 195 Å². The molecule has 4 heterocycles. The Kier molecular flexibility index (Phi) is 5.03. The molecule has 7 heteroatoms. The predicted octanol–water partition coefficient (Wildman–Crippen LogP) is 5.12. The van der Waals surface area contributed by atoms with Crippen molar-refractivity contribution in [1.82, 2.24) is 24.5 Å². The van der Waals surface area contributed by atoms with Crippen molar-refractivity contribution in [3.05, 3.63) is 101 Å². The topological polar surface area (TPSA) is 64.2 Å². The van der Waals surface area contributed by atoms with Crippen molar-refractivity contribution >= 4 is 22.9 Å². The van der Waals surface area contributed by atoms with E-state index < -0.39 is 0 Å². The summed E-state index contributed by atoms with van der Waals surface area (Å²) in [6, 6.07) is 20.5. The molecule has 6 nitrogen and oxygen atoms in total. The zero-order valence-electron chi connectivity index (χ0n) is 18.0. The minimum Gasteiger partial charge on any atom is -0.347 e. The number of hydrogen-bond acceptors (Lipinski definition) is 4. The number of thiophene rings is 1. The van der Waals surface area contributed by atoms with Gasteiger partial charge in [-0.15, -0.1) is 11.3 Å². The second kappa shape index (κ2) is 8.33. The van der Waals surface area contributed by atoms with Crippen molar-refractivity contribution in [2.45, 2.75) is 31.8 Å². The Morgan fingerprint density at radius 3 is 2.76 bits per heavy atom. The Hall–Kier alpha value is -3.71. The van der Waals surface area contributed by atoms with Crippen LogP contribution in [-0.4, -0.2) is 25.1 Å². The molecule has 164 valence electrons. The number of nitrogens with zero attached hydrogens (tertiary/aromatic N) is 4. The van der Waals surface area contributed by atoms with Crippen molar-refractivity contribution in [3.8, 4) is 10.6 Å². The smallest absolute Gasteiger partial charge is 0.261 e. The number of fused-ring (bicyclic) bond motifs is 1. The molecule has 5 aromatic rings. The minimum atomic E-state index is -0.0639. The van der Waals surface area contributed by atoms with Crippen LogP contribution in [0, 0.1) is 0 Å². The van der Waals surface area contributed by atoms with Gasteiger partial charge in [0.05, 0.1) is 27.7 Å². The molecule has 0 spiro atoms. The SMILES string of the molecule is O=C(NCc1ccn2ccnc2c1)c1ccc(-c2cc(C3CC3)nn2Cc2ccccc2)s1. The molecule has 0 bridgehead atoms. The first-order chi connectivity index (χ1) is 16.2. The first-order valence-corrected chi connectivity index (χ1v) is 12.0. The lowest BCUT2D eigenvalue weighted by molar-refractivity contribution is 0.0955. The van der Waals surface area contributed by atoms with Gasteiger partial charge in [0.15, 0.2) is 0 Å². The third-order valence-corrected chi connectivity index (χ3v) is 7.07. The maximum Gasteiger partial charge on any atom is 0.261 e. The maximum absolute atomic E-state index is 12.8. The number of rotatable bonds is 7. The van der Waals surface area contributed by atoms with Gasteiger partial charge in [0.25, 0.3) is 5.91 Å². The van der Waals surface area contributed by atoms with Gasteiger partial charge < -0.3 is 9.72 Å². The highest BCUT2D eigenvalue weighted by atomic mass is 32.1. The first kappa shape index (κ1) is 19.9. The van der Waals surface area contributed by atoms with Gasteiger partial charge in [-0.3, -0.25) is 9.48 Å². The molecule has 33 heavy (non-hydrogen) atoms. The van der Waals surface area contributed by atoms with E-state index in [2.05, 4.69) is 45.3 Å². The highest BCUT2D eigenvalue weighted by Crippen LogP contribution is 2.41. The van der Waals surface area contributed by atoms with Crippen LogP contribution in [0.1, 0.15) is 45.3 Å². The number of amides is 1. The molecule has 4 aromatic heterocycles. The molecule has 0 aliphatic heterocycles. The van der Waals surface area contributed by atoms with E-state index in [1.165, 1.54) is 29.7 Å². The molecule has 0 saturated heterocycles. The van der Waals surface area contributed by atoms with Gasteiger partial charge >= 0.3 is 0 Å². The molecule has 0 unspecified atom stereocenters. The molecule has 1 saturated carbocycles. The van der Waals surface area contributed by atoms with Crippen molar-refractivity contribution in [1.29, 1.82) is 0 Å². The number of benzene rings is 1. The van der Waals surface area contributed by atoms with Crippen LogP contribution in [-0.2, 0) is 13.1 Å². The van der Waals surface area contributed by atoms with Crippen molar-refractivity contribution in [2.24, 2.45) is 0 Å². The van der Waals surface area contributed by atoms with Gasteiger partial charge in [-0.2, -0.15) is 5.10 Å². The van der Waals surface area contributed by atoms with Crippen molar-refractivity contribution in [2.75, 3.05) is 0 Å². The second-order valence-electron chi connectivity index (χ2n) is 8.45. The van der Waals surface area contributed by atoms with Crippen molar-refractivity contribution in [3.63, 3.8) is 0 Å². The van der Waals surface area contributed by atoms with Crippen molar-refractivity contribution < 1.29 is 4.79 Å². The quantitative estimate of drug-likeness (QED) is 0.372. The van der Waals surface area contributed by atoms with Gasteiger partial charge in [-0.05, 0) is 54.3 Å². The van der Waals surface area contributed by atoms with Gasteiger partial charge in [-0.25, -0.2) is 4.98 Å². The lowest BCUT2D eigenvalue weighted by atomic mass is 10.2. The number of nitrogens with one attached hydrogen (secondary N) is 1. The van der Waals surface area contributed by atoms with E-state index in [9.17, 15) is 4.79 Å². The van der Waals surface area contributed by atoms with Gasteiger partial charge in [0, 0.05) is 31.1 Å². The van der Waals surface area contributed by atoms with Crippen LogP contribution >= 0.6 is 11.3 Å². The summed E-state index contributed by atoms with van der Waals surface area (Å²) in [5.41, 5.74) is 5.35. The van der Waals surface area contributed by atoms with Gasteiger partial charge in [0.1, 0.15) is 5.65 Å². The largest absolute Gasteiger partial charge is 0.347 e. The standard InChI is InChI=1S/C26H23N5OS/c32-26(28-16-19-10-12-30-13-11-27-25(30)14-19)24-9-8-23(33-24)22-15-21(20-6-7-20)29-31(22)17-18-4-2-1-3-5-18/h1-5,8-15,20H,6-7,16-17H2,(H,28,32). The zero-order chi connectivity index (χ0) is 22.2. The highest BCUT2D eigenvalue weighted by Gasteiger charge is 2.28. The molecule has 0 atom stereocenters. The number of hydrogen-bond donors (Lipinski definition) is 1. The number of aromatic nitrogens is 4. The van der Waals surface area contributed by atoms with E-state index in [4.69, 9.17) is 5.10 Å². The molecule has 1 N–H and O–H groups in total. The van der Waals surface area contributed by atoms with Crippen LogP contribution in [0.2, 0.25) is 0 Å². The minimum absolute atomic E-state index is 0.0639. The van der Waals surface area contributed by atoms with E-state index in [-0.39, 0.29) is 5.91 Å². The fourth-order valence-electron chi connectivity index (χ4n) is 4.02. The molecule has 6 rings (SSSR count). The fourth-order valence-corrected chi connectivity index (χ4v) is 4.96. The molecule has 1 amide bonds. The van der Waals surface area contributed by atoms with Crippen LogP contribution in [0.3, 0.4) is 0 Å². The Morgan fingerprint density at radius 1 is 1.03 bits per heavy atom. The van der Waals surface area contributed by atoms with Crippen LogP contribution in [0.15, 0.2) is 79.3 Å². The molecular weight excluding hydrogens is 430 g/mol. The Balaban J connectivity index is 1.20. The molecule has 1 aliphatic carbocycles. The summed E-state index contributed by atoms with van der Waals surface area (Å²) in [7, 11) is 0. The summed E-state index contributed by atoms with van der Waals surface area (Å²) in [6.07, 6.45) is 8.05. The zero-order valence-corrected chi connectivity index (χ0v) is 18.8. The molecule has 1 aromatic carbocycles. The summed E-state index contributed by atoms with van der Waals surface area (Å²) in [4.78, 5) is 18.9. The number of pyridine rings is 1. The molecule has 0 radical (unpaired) electrons. The number of imidazole rings is 1. The summed E-state index contributed by atoms with van der Waals surface area (Å²) >= 11 is 1.51. The van der Waals surface area contributed by atoms with E-state index in [1.54, 1.807) is 6.20 Å². The average Bonchev–Trinajstić information content (AvgIpc) is 3.22. The summed E-state index contributed by atoms with van der Waals surface area (Å²) in [5, 5.41) is 7.95. The monoisotopic (exact) mass is 453 g/mol. The number of carbonyl (C=O) groups excluding carboxylic acids is 1. The summed E-state index contributed by atoms with van der Waals surface area (Å²) < 4.78 is 4.03. The Morgan fingerprint density at radius 2 is 1.91 bits per heavy atom. The highest BCUT2D eigenvalue weighted by molar-refractivity contribution is 7.17. The summed E-state index contributed by atoms with van der Waals surface area (Å²) in [6.45, 7) is 1.19. The number of carbonyl (C=O) groups is 1. The third kappa shape index (κ3) is 4.19. The van der Waals surface area contributed by atoms with Crippen LogP contribution in [0.25, 0.3) is 16.2 Å². The summed E-state index contributed by atoms with van der Waals surface area (Å²) in [5.74, 6) is 0.516. The lowest BCUT2D eigenvalue weighted by Gasteiger charge is -2.06. The Bertz CT molecular complexity index is 1430. The maximum atomic E-state index is 12.8. The van der Waals surface area contributed by atoms with Gasteiger partial charge in [0.2, 0.25) is 0 Å². The molecular formula is C26H23N5OS. The van der Waals surface area contributed by atoms with Crippen LogP contribution in [0.4, 0.5) is 0 Å². The van der Waals surface area contributed by atoms with E-state index in [1.807, 2.05) is 47.1 Å². The second-order valence-corrected chi connectivity index (χ2v) is 9.53. The van der Waals surface area contributed by atoms with E-state index >= 15 is 0 Å². The van der Waals surface area contributed by atoms with Gasteiger partial charge in [-0.1, -0.05) is 30.3 Å².